The van der Waals surface area contributed by atoms with E-state index >= 15 is 0 Å². The summed E-state index contributed by atoms with van der Waals surface area (Å²) in [5, 5.41) is 10.7. The number of rotatable bonds is 7. The molecule has 0 aromatic carbocycles. The van der Waals surface area contributed by atoms with Crippen molar-refractivity contribution in [3.8, 4) is 0 Å². The van der Waals surface area contributed by atoms with E-state index in [4.69, 9.17) is 9.26 Å². The van der Waals surface area contributed by atoms with Crippen molar-refractivity contribution in [1.29, 1.82) is 0 Å². The van der Waals surface area contributed by atoms with Gasteiger partial charge < -0.3 is 24.8 Å². The zero-order valence-corrected chi connectivity index (χ0v) is 19.5. The van der Waals surface area contributed by atoms with Gasteiger partial charge in [-0.25, -0.2) is 9.79 Å². The molecule has 1 aromatic rings. The van der Waals surface area contributed by atoms with Crippen LogP contribution in [0.5, 0.6) is 0 Å². The number of nitrogens with one attached hydrogen (secondary N) is 2. The van der Waals surface area contributed by atoms with Crippen molar-refractivity contribution in [3.05, 3.63) is 17.5 Å². The van der Waals surface area contributed by atoms with Crippen molar-refractivity contribution in [2.45, 2.75) is 78.9 Å². The number of guanidine groups is 1. The van der Waals surface area contributed by atoms with Gasteiger partial charge in [0.1, 0.15) is 12.1 Å². The summed E-state index contributed by atoms with van der Waals surface area (Å²) in [4.78, 5) is 18.8. The van der Waals surface area contributed by atoms with Crippen LogP contribution in [-0.2, 0) is 11.3 Å². The highest BCUT2D eigenvalue weighted by atomic mass is 16.6. The first kappa shape index (κ1) is 24.0. The summed E-state index contributed by atoms with van der Waals surface area (Å²) < 4.78 is 10.9. The summed E-state index contributed by atoms with van der Waals surface area (Å²) in [6, 6.07) is 1.96. The highest BCUT2D eigenvalue weighted by Crippen LogP contribution is 2.21. The van der Waals surface area contributed by atoms with Crippen LogP contribution >= 0.6 is 0 Å². The number of hydrogen-bond donors (Lipinski definition) is 2. The Hall–Kier alpha value is -2.25. The first-order chi connectivity index (χ1) is 14.2. The van der Waals surface area contributed by atoms with E-state index in [0.29, 0.717) is 18.4 Å². The van der Waals surface area contributed by atoms with E-state index in [1.807, 2.05) is 38.7 Å². The molecule has 0 aliphatic carbocycles. The van der Waals surface area contributed by atoms with Crippen molar-refractivity contribution >= 4 is 12.1 Å². The van der Waals surface area contributed by atoms with Gasteiger partial charge in [0.05, 0.1) is 5.69 Å². The maximum atomic E-state index is 12.3. The van der Waals surface area contributed by atoms with Crippen LogP contribution < -0.4 is 10.6 Å². The zero-order valence-electron chi connectivity index (χ0n) is 19.5. The van der Waals surface area contributed by atoms with Gasteiger partial charge in [-0.3, -0.25) is 0 Å². The van der Waals surface area contributed by atoms with E-state index in [2.05, 4.69) is 34.6 Å². The van der Waals surface area contributed by atoms with E-state index in [-0.39, 0.29) is 6.09 Å². The normalized spacial score (nSPS) is 17.9. The average Bonchev–Trinajstić information content (AvgIpc) is 3.14. The third-order valence-corrected chi connectivity index (χ3v) is 4.92. The second kappa shape index (κ2) is 11.2. The van der Waals surface area contributed by atoms with E-state index in [1.54, 1.807) is 0 Å². The fraction of sp³-hybridized carbons (Fsp3) is 0.773. The Balaban J connectivity index is 1.80. The van der Waals surface area contributed by atoms with Crippen molar-refractivity contribution in [3.63, 3.8) is 0 Å². The highest BCUT2D eigenvalue weighted by molar-refractivity contribution is 5.79. The van der Waals surface area contributed by atoms with Gasteiger partial charge in [-0.05, 0) is 58.8 Å². The van der Waals surface area contributed by atoms with Crippen LogP contribution in [0.3, 0.4) is 0 Å². The van der Waals surface area contributed by atoms with E-state index in [9.17, 15) is 4.79 Å². The molecular weight excluding hydrogens is 382 g/mol. The van der Waals surface area contributed by atoms with Crippen molar-refractivity contribution in [2.75, 3.05) is 26.2 Å². The molecule has 1 aromatic heterocycles. The van der Waals surface area contributed by atoms with Crippen LogP contribution in [0, 0.1) is 5.92 Å². The van der Waals surface area contributed by atoms with E-state index in [0.717, 1.165) is 62.9 Å². The van der Waals surface area contributed by atoms with E-state index in [1.165, 1.54) is 0 Å². The Bertz CT molecular complexity index is 693. The lowest BCUT2D eigenvalue weighted by atomic mass is 9.95. The molecule has 0 saturated carbocycles. The van der Waals surface area contributed by atoms with Crippen LogP contribution in [0.2, 0.25) is 0 Å². The molecule has 1 aliphatic rings. The van der Waals surface area contributed by atoms with Gasteiger partial charge in [0.15, 0.2) is 11.7 Å². The van der Waals surface area contributed by atoms with Gasteiger partial charge >= 0.3 is 6.09 Å². The smallest absolute Gasteiger partial charge is 0.410 e. The fourth-order valence-electron chi connectivity index (χ4n) is 3.36. The molecule has 1 fully saturated rings. The third kappa shape index (κ3) is 8.24. The lowest BCUT2D eigenvalue weighted by Gasteiger charge is -2.34. The number of likely N-dealkylation sites (tertiary alicyclic amines) is 1. The topological polar surface area (TPSA) is 92.0 Å². The first-order valence-electron chi connectivity index (χ1n) is 11.1. The Morgan fingerprint density at radius 3 is 2.80 bits per heavy atom. The molecule has 2 rings (SSSR count). The third-order valence-electron chi connectivity index (χ3n) is 4.92. The van der Waals surface area contributed by atoms with Gasteiger partial charge in [-0.15, -0.1) is 0 Å². The number of piperidine rings is 1. The Morgan fingerprint density at radius 2 is 2.17 bits per heavy atom. The van der Waals surface area contributed by atoms with Crippen LogP contribution in [0.1, 0.15) is 78.2 Å². The number of hydrogen-bond acceptors (Lipinski definition) is 5. The molecule has 2 N–H and O–H groups in total. The summed E-state index contributed by atoms with van der Waals surface area (Å²) in [6.07, 6.45) is 2.92. The number of carbonyl (C=O) groups excluding carboxylic acids is 1. The summed E-state index contributed by atoms with van der Waals surface area (Å²) >= 11 is 0. The molecule has 1 saturated heterocycles. The quantitative estimate of drug-likeness (QED) is 0.513. The molecule has 0 radical (unpaired) electrons. The monoisotopic (exact) mass is 421 g/mol. The average molecular weight is 422 g/mol. The molecule has 8 heteroatoms. The van der Waals surface area contributed by atoms with Crippen LogP contribution in [-0.4, -0.2) is 53.9 Å². The molecule has 1 amide bonds. The Morgan fingerprint density at radius 1 is 1.40 bits per heavy atom. The number of aromatic nitrogens is 1. The summed E-state index contributed by atoms with van der Waals surface area (Å²) in [5.74, 6) is 2.33. The largest absolute Gasteiger partial charge is 0.444 e. The van der Waals surface area contributed by atoms with Gasteiger partial charge in [0.25, 0.3) is 0 Å². The lowest BCUT2D eigenvalue weighted by Crippen LogP contribution is -2.44. The van der Waals surface area contributed by atoms with Gasteiger partial charge in [-0.2, -0.15) is 0 Å². The predicted octanol–water partition coefficient (Wildman–Crippen LogP) is 3.89. The van der Waals surface area contributed by atoms with Crippen LogP contribution in [0.4, 0.5) is 4.79 Å². The first-order valence-corrected chi connectivity index (χ1v) is 11.1. The number of amides is 1. The molecule has 1 atom stereocenters. The van der Waals surface area contributed by atoms with E-state index < -0.39 is 5.60 Å². The number of aliphatic imine (C=N–C) groups is 1. The SMILES string of the molecule is CCNC(=NCc1cc(C(C)C)no1)NCCC1CCCN(C(=O)OC(C)(C)C)C1. The number of ether oxygens (including phenoxy) is 1. The molecule has 1 aliphatic heterocycles. The highest BCUT2D eigenvalue weighted by Gasteiger charge is 2.27. The molecule has 8 nitrogen and oxygen atoms in total. The fourth-order valence-corrected chi connectivity index (χ4v) is 3.36. The maximum absolute atomic E-state index is 12.3. The summed E-state index contributed by atoms with van der Waals surface area (Å²) in [5.41, 5.74) is 0.493. The van der Waals surface area contributed by atoms with Crippen molar-refractivity contribution < 1.29 is 14.1 Å². The standard InChI is InChI=1S/C22H39N5O3/c1-7-23-20(25-14-18-13-19(16(2)3)26-30-18)24-11-10-17-9-8-12-27(15-17)21(28)29-22(4,5)6/h13,16-17H,7-12,14-15H2,1-6H3,(H2,23,24,25). The molecule has 1 unspecified atom stereocenters. The summed E-state index contributed by atoms with van der Waals surface area (Å²) in [7, 11) is 0. The molecule has 2 heterocycles. The van der Waals surface area contributed by atoms with Gasteiger partial charge in [0.2, 0.25) is 0 Å². The molecule has 30 heavy (non-hydrogen) atoms. The molecule has 0 spiro atoms. The molecular formula is C22H39N5O3. The maximum Gasteiger partial charge on any atom is 0.410 e. The summed E-state index contributed by atoms with van der Waals surface area (Å²) in [6.45, 7) is 15.5. The van der Waals surface area contributed by atoms with Gasteiger partial charge in [0, 0.05) is 32.2 Å². The lowest BCUT2D eigenvalue weighted by molar-refractivity contribution is 0.0162. The minimum atomic E-state index is -0.456. The Labute approximate surface area is 180 Å². The van der Waals surface area contributed by atoms with Gasteiger partial charge in [-0.1, -0.05) is 19.0 Å². The number of nitrogens with zero attached hydrogens (tertiary/aromatic N) is 3. The zero-order chi connectivity index (χ0) is 22.1. The second-order valence-corrected chi connectivity index (χ2v) is 9.22. The minimum Gasteiger partial charge on any atom is -0.444 e. The molecule has 0 bridgehead atoms. The van der Waals surface area contributed by atoms with Crippen molar-refractivity contribution in [2.24, 2.45) is 10.9 Å². The van der Waals surface area contributed by atoms with Crippen molar-refractivity contribution in [1.82, 2.24) is 20.7 Å². The Kier molecular flexibility index (Phi) is 8.99. The van der Waals surface area contributed by atoms with Crippen LogP contribution in [0.15, 0.2) is 15.6 Å². The minimum absolute atomic E-state index is 0.206. The molecule has 170 valence electrons. The van der Waals surface area contributed by atoms with Crippen LogP contribution in [0.25, 0.3) is 0 Å². The second-order valence-electron chi connectivity index (χ2n) is 9.22. The number of carbonyl (C=O) groups is 1. The predicted molar refractivity (Wildman–Crippen MR) is 119 cm³/mol.